The summed E-state index contributed by atoms with van der Waals surface area (Å²) in [5.41, 5.74) is 5.07. The molecule has 5 nitrogen and oxygen atoms in total. The Morgan fingerprint density at radius 3 is 2.44 bits per heavy atom. The van der Waals surface area contributed by atoms with Crippen molar-refractivity contribution >= 4 is 17.5 Å². The minimum absolute atomic E-state index is 0.0755. The van der Waals surface area contributed by atoms with Gasteiger partial charge in [0, 0.05) is 5.56 Å². The maximum atomic E-state index is 12.7. The zero-order valence-corrected chi connectivity index (χ0v) is 15.5. The number of tetrazole rings is 1. The molecule has 0 saturated heterocycles. The fraction of sp³-hybridized carbons (Fsp3) is 0.263. The van der Waals surface area contributed by atoms with Crippen molar-refractivity contribution in [2.75, 3.05) is 0 Å². The number of carbonyl (C=O) groups excluding carboxylic acids is 1. The molecule has 6 heteroatoms. The number of hydrogen-bond donors (Lipinski definition) is 0. The van der Waals surface area contributed by atoms with Crippen LogP contribution in [0.15, 0.2) is 47.6 Å². The van der Waals surface area contributed by atoms with Gasteiger partial charge in [-0.05, 0) is 67.4 Å². The standard InChI is InChI=1S/C19H20N4OS/c1-12-5-9-17(10-6-12)23-19(20-21-22-23)25-15(4)18(24)16-8-7-13(2)14(3)11-16/h5-11,15H,1-4H3. The SMILES string of the molecule is Cc1ccc(-n2nnnc2SC(C)C(=O)c2ccc(C)c(C)c2)cc1. The summed E-state index contributed by atoms with van der Waals surface area (Å²) >= 11 is 1.37. The largest absolute Gasteiger partial charge is 0.293 e. The smallest absolute Gasteiger partial charge is 0.214 e. The van der Waals surface area contributed by atoms with Crippen molar-refractivity contribution in [2.45, 2.75) is 38.1 Å². The van der Waals surface area contributed by atoms with Crippen LogP contribution in [0.3, 0.4) is 0 Å². The summed E-state index contributed by atoms with van der Waals surface area (Å²) in [4.78, 5) is 12.7. The van der Waals surface area contributed by atoms with Crippen LogP contribution < -0.4 is 0 Å². The fourth-order valence-electron chi connectivity index (χ4n) is 2.44. The van der Waals surface area contributed by atoms with Crippen LogP contribution in [-0.2, 0) is 0 Å². The molecule has 25 heavy (non-hydrogen) atoms. The molecular formula is C19H20N4OS. The summed E-state index contributed by atoms with van der Waals surface area (Å²) in [6.07, 6.45) is 0. The molecule has 1 unspecified atom stereocenters. The number of nitrogens with zero attached hydrogens (tertiary/aromatic N) is 4. The number of rotatable bonds is 5. The molecule has 0 amide bonds. The van der Waals surface area contributed by atoms with Crippen LogP contribution in [0.25, 0.3) is 5.69 Å². The summed E-state index contributed by atoms with van der Waals surface area (Å²) in [5, 5.41) is 12.2. The molecule has 3 rings (SSSR count). The van der Waals surface area contributed by atoms with Crippen molar-refractivity contribution in [2.24, 2.45) is 0 Å². The molecule has 0 N–H and O–H groups in total. The molecule has 0 fully saturated rings. The van der Waals surface area contributed by atoms with Crippen molar-refractivity contribution in [1.29, 1.82) is 0 Å². The first-order chi connectivity index (χ1) is 12.0. The van der Waals surface area contributed by atoms with E-state index in [4.69, 9.17) is 0 Å². The molecule has 0 radical (unpaired) electrons. The maximum absolute atomic E-state index is 12.7. The molecule has 1 heterocycles. The Bertz CT molecular complexity index is 902. The number of ketones is 1. The maximum Gasteiger partial charge on any atom is 0.214 e. The third-order valence-electron chi connectivity index (χ3n) is 4.16. The van der Waals surface area contributed by atoms with Crippen LogP contribution in [0.5, 0.6) is 0 Å². The van der Waals surface area contributed by atoms with Crippen molar-refractivity contribution < 1.29 is 4.79 Å². The number of Topliss-reactive ketones (excluding diaryl/α,β-unsaturated/α-hetero) is 1. The Morgan fingerprint density at radius 1 is 1.04 bits per heavy atom. The Labute approximate surface area is 151 Å². The molecule has 0 aliphatic carbocycles. The average Bonchev–Trinajstić information content (AvgIpc) is 3.05. The van der Waals surface area contributed by atoms with E-state index >= 15 is 0 Å². The molecule has 2 aromatic carbocycles. The van der Waals surface area contributed by atoms with Gasteiger partial charge in [-0.25, -0.2) is 0 Å². The lowest BCUT2D eigenvalue weighted by Gasteiger charge is -2.11. The highest BCUT2D eigenvalue weighted by Gasteiger charge is 2.20. The number of benzene rings is 2. The highest BCUT2D eigenvalue weighted by Crippen LogP contribution is 2.26. The Kier molecular flexibility index (Phi) is 4.99. The van der Waals surface area contributed by atoms with Gasteiger partial charge < -0.3 is 0 Å². The van der Waals surface area contributed by atoms with Gasteiger partial charge >= 0.3 is 0 Å². The van der Waals surface area contributed by atoms with Gasteiger partial charge in [0.15, 0.2) is 5.78 Å². The van der Waals surface area contributed by atoms with E-state index in [1.54, 1.807) is 4.68 Å². The molecule has 0 aliphatic rings. The van der Waals surface area contributed by atoms with Gasteiger partial charge in [0.2, 0.25) is 5.16 Å². The van der Waals surface area contributed by atoms with Crippen LogP contribution >= 0.6 is 11.8 Å². The number of aryl methyl sites for hydroxylation is 3. The lowest BCUT2D eigenvalue weighted by molar-refractivity contribution is 0.0993. The molecule has 3 aromatic rings. The van der Waals surface area contributed by atoms with E-state index in [1.165, 1.54) is 22.9 Å². The van der Waals surface area contributed by atoms with Crippen LogP contribution in [0.4, 0.5) is 0 Å². The lowest BCUT2D eigenvalue weighted by Crippen LogP contribution is -2.15. The summed E-state index contributed by atoms with van der Waals surface area (Å²) in [6.45, 7) is 7.97. The van der Waals surface area contributed by atoms with E-state index in [1.807, 2.05) is 70.2 Å². The number of carbonyl (C=O) groups is 1. The van der Waals surface area contributed by atoms with Crippen molar-refractivity contribution in [1.82, 2.24) is 20.2 Å². The highest BCUT2D eigenvalue weighted by molar-refractivity contribution is 8.00. The summed E-state index contributed by atoms with van der Waals surface area (Å²) < 4.78 is 1.66. The molecule has 1 aromatic heterocycles. The molecule has 0 saturated carbocycles. The fourth-order valence-corrected chi connectivity index (χ4v) is 3.33. The van der Waals surface area contributed by atoms with Crippen molar-refractivity contribution in [3.63, 3.8) is 0 Å². The number of hydrogen-bond acceptors (Lipinski definition) is 5. The molecular weight excluding hydrogens is 332 g/mol. The molecule has 0 aliphatic heterocycles. The second-order valence-corrected chi connectivity index (χ2v) is 7.44. The van der Waals surface area contributed by atoms with E-state index in [2.05, 4.69) is 15.5 Å². The molecule has 0 bridgehead atoms. The van der Waals surface area contributed by atoms with Crippen LogP contribution in [-0.4, -0.2) is 31.2 Å². The number of thioether (sulfide) groups is 1. The molecule has 0 spiro atoms. The second kappa shape index (κ2) is 7.19. The Hall–Kier alpha value is -2.47. The van der Waals surface area contributed by atoms with E-state index in [0.717, 1.165) is 16.8 Å². The third-order valence-corrected chi connectivity index (χ3v) is 5.20. The minimum atomic E-state index is -0.280. The normalized spacial score (nSPS) is 12.2. The first-order valence-electron chi connectivity index (χ1n) is 8.09. The lowest BCUT2D eigenvalue weighted by atomic mass is 10.0. The predicted molar refractivity (Wildman–Crippen MR) is 99.5 cm³/mol. The van der Waals surface area contributed by atoms with Crippen molar-refractivity contribution in [3.05, 3.63) is 64.7 Å². The van der Waals surface area contributed by atoms with Gasteiger partial charge in [0.25, 0.3) is 0 Å². The van der Waals surface area contributed by atoms with Crippen LogP contribution in [0, 0.1) is 20.8 Å². The molecule has 1 atom stereocenters. The van der Waals surface area contributed by atoms with Crippen LogP contribution in [0.1, 0.15) is 34.0 Å². The average molecular weight is 352 g/mol. The summed E-state index contributed by atoms with van der Waals surface area (Å²) in [7, 11) is 0. The van der Waals surface area contributed by atoms with E-state index in [0.29, 0.717) is 5.16 Å². The highest BCUT2D eigenvalue weighted by atomic mass is 32.2. The van der Waals surface area contributed by atoms with Gasteiger partial charge in [-0.2, -0.15) is 4.68 Å². The van der Waals surface area contributed by atoms with Gasteiger partial charge in [0.05, 0.1) is 10.9 Å². The Morgan fingerprint density at radius 2 is 1.76 bits per heavy atom. The first-order valence-corrected chi connectivity index (χ1v) is 8.97. The quantitative estimate of drug-likeness (QED) is 0.514. The number of aromatic nitrogens is 4. The van der Waals surface area contributed by atoms with E-state index in [-0.39, 0.29) is 11.0 Å². The zero-order chi connectivity index (χ0) is 18.0. The topological polar surface area (TPSA) is 60.7 Å². The van der Waals surface area contributed by atoms with E-state index in [9.17, 15) is 4.79 Å². The summed E-state index contributed by atoms with van der Waals surface area (Å²) in [6, 6.07) is 13.8. The van der Waals surface area contributed by atoms with Gasteiger partial charge in [-0.15, -0.1) is 5.10 Å². The predicted octanol–water partition coefficient (Wildman–Crippen LogP) is 3.95. The zero-order valence-electron chi connectivity index (χ0n) is 14.7. The molecule has 128 valence electrons. The third kappa shape index (κ3) is 3.79. The Balaban J connectivity index is 1.80. The minimum Gasteiger partial charge on any atom is -0.293 e. The summed E-state index contributed by atoms with van der Waals surface area (Å²) in [5.74, 6) is 0.0755. The van der Waals surface area contributed by atoms with E-state index < -0.39 is 0 Å². The monoisotopic (exact) mass is 352 g/mol. The second-order valence-electron chi connectivity index (χ2n) is 6.13. The van der Waals surface area contributed by atoms with Crippen molar-refractivity contribution in [3.8, 4) is 5.69 Å². The van der Waals surface area contributed by atoms with Gasteiger partial charge in [-0.1, -0.05) is 41.6 Å². The van der Waals surface area contributed by atoms with Gasteiger partial charge in [-0.3, -0.25) is 4.79 Å². The van der Waals surface area contributed by atoms with Crippen LogP contribution in [0.2, 0.25) is 0 Å². The first kappa shape index (κ1) is 17.4. The van der Waals surface area contributed by atoms with Gasteiger partial charge in [0.1, 0.15) is 0 Å².